The summed E-state index contributed by atoms with van der Waals surface area (Å²) in [7, 11) is -3.89. The van der Waals surface area contributed by atoms with Crippen LogP contribution in [0.4, 0.5) is 0 Å². The third-order valence-electron chi connectivity index (χ3n) is 3.17. The van der Waals surface area contributed by atoms with Gasteiger partial charge in [-0.3, -0.25) is 9.78 Å². The number of rotatable bonds is 5. The van der Waals surface area contributed by atoms with Crippen LogP contribution in [0, 0.1) is 0 Å². The molecule has 2 aromatic heterocycles. The van der Waals surface area contributed by atoms with Crippen LogP contribution in [0.5, 0.6) is 0 Å². The smallest absolute Gasteiger partial charge is 0.286 e. The Balaban J connectivity index is 1.75. The fourth-order valence-corrected chi connectivity index (χ4v) is 3.35. The number of oxazole rings is 1. The predicted octanol–water partition coefficient (Wildman–Crippen LogP) is 2.65. The summed E-state index contributed by atoms with van der Waals surface area (Å²) in [6.07, 6.45) is 4.02. The standard InChI is InChI=1S/C16H12ClN3O4S/c17-13-6-2-1-5-12(13)16-19-14(9-24-16)15(21)20-25(22,23)10-11-4-3-7-18-8-11/h1-9H,10H2,(H,20,21). The first kappa shape index (κ1) is 17.1. The summed E-state index contributed by atoms with van der Waals surface area (Å²) in [5.41, 5.74) is 0.797. The van der Waals surface area contributed by atoms with Crippen molar-refractivity contribution < 1.29 is 17.6 Å². The van der Waals surface area contributed by atoms with Crippen molar-refractivity contribution in [3.8, 4) is 11.5 Å². The second-order valence-electron chi connectivity index (χ2n) is 5.07. The molecule has 0 saturated carbocycles. The Hall–Kier alpha value is -2.71. The molecule has 9 heteroatoms. The van der Waals surface area contributed by atoms with Gasteiger partial charge in [0.25, 0.3) is 5.91 Å². The van der Waals surface area contributed by atoms with Gasteiger partial charge >= 0.3 is 0 Å². The van der Waals surface area contributed by atoms with E-state index in [9.17, 15) is 13.2 Å². The summed E-state index contributed by atoms with van der Waals surface area (Å²) >= 11 is 6.04. The first-order valence-corrected chi connectivity index (χ1v) is 9.12. The molecule has 0 aliphatic heterocycles. The summed E-state index contributed by atoms with van der Waals surface area (Å²) in [5.74, 6) is -1.13. The van der Waals surface area contributed by atoms with Gasteiger partial charge in [0, 0.05) is 12.4 Å². The minimum absolute atomic E-state index is 0.125. The third-order valence-corrected chi connectivity index (χ3v) is 4.71. The molecule has 0 saturated heterocycles. The molecule has 2 heterocycles. The van der Waals surface area contributed by atoms with Gasteiger partial charge in [-0.05, 0) is 23.8 Å². The maximum Gasteiger partial charge on any atom is 0.286 e. The highest BCUT2D eigenvalue weighted by atomic mass is 35.5. The average Bonchev–Trinajstić information content (AvgIpc) is 3.05. The summed E-state index contributed by atoms with van der Waals surface area (Å²) in [6, 6.07) is 10.0. The predicted molar refractivity (Wildman–Crippen MR) is 91.3 cm³/mol. The number of nitrogens with zero attached hydrogens (tertiary/aromatic N) is 2. The fourth-order valence-electron chi connectivity index (χ4n) is 2.07. The topological polar surface area (TPSA) is 102 Å². The quantitative estimate of drug-likeness (QED) is 0.733. The van der Waals surface area contributed by atoms with E-state index in [1.165, 1.54) is 12.4 Å². The van der Waals surface area contributed by atoms with Crippen LogP contribution in [-0.2, 0) is 15.8 Å². The molecular formula is C16H12ClN3O4S. The van der Waals surface area contributed by atoms with E-state index in [4.69, 9.17) is 16.0 Å². The van der Waals surface area contributed by atoms with E-state index in [0.717, 1.165) is 6.26 Å². The molecular weight excluding hydrogens is 366 g/mol. The lowest BCUT2D eigenvalue weighted by Gasteiger charge is -2.04. The van der Waals surface area contributed by atoms with Crippen LogP contribution < -0.4 is 4.72 Å². The SMILES string of the molecule is O=C(NS(=O)(=O)Cc1cccnc1)c1coc(-c2ccccc2Cl)n1. The van der Waals surface area contributed by atoms with Crippen LogP contribution >= 0.6 is 11.6 Å². The molecule has 0 atom stereocenters. The van der Waals surface area contributed by atoms with E-state index >= 15 is 0 Å². The first-order chi connectivity index (χ1) is 11.9. The highest BCUT2D eigenvalue weighted by Crippen LogP contribution is 2.26. The zero-order valence-corrected chi connectivity index (χ0v) is 14.3. The normalized spacial score (nSPS) is 11.2. The van der Waals surface area contributed by atoms with Gasteiger partial charge in [0.05, 0.1) is 16.3 Å². The largest absolute Gasteiger partial charge is 0.444 e. The molecule has 25 heavy (non-hydrogen) atoms. The van der Waals surface area contributed by atoms with Crippen molar-refractivity contribution >= 4 is 27.5 Å². The third kappa shape index (κ3) is 4.23. The summed E-state index contributed by atoms with van der Waals surface area (Å²) < 4.78 is 31.3. The van der Waals surface area contributed by atoms with Crippen LogP contribution in [0.15, 0.2) is 59.5 Å². The second kappa shape index (κ2) is 7.04. The van der Waals surface area contributed by atoms with Gasteiger partial charge in [0.1, 0.15) is 6.26 Å². The highest BCUT2D eigenvalue weighted by Gasteiger charge is 2.20. The molecule has 0 unspecified atom stereocenters. The number of benzene rings is 1. The van der Waals surface area contributed by atoms with Crippen LogP contribution in [0.25, 0.3) is 11.5 Å². The Kier molecular flexibility index (Phi) is 4.82. The Morgan fingerprint density at radius 2 is 2.00 bits per heavy atom. The number of aromatic nitrogens is 2. The molecule has 1 N–H and O–H groups in total. The number of pyridine rings is 1. The second-order valence-corrected chi connectivity index (χ2v) is 7.20. The maximum atomic E-state index is 12.1. The van der Waals surface area contributed by atoms with Crippen molar-refractivity contribution in [3.63, 3.8) is 0 Å². The van der Waals surface area contributed by atoms with Gasteiger partial charge in [-0.1, -0.05) is 29.8 Å². The zero-order chi connectivity index (χ0) is 17.9. The van der Waals surface area contributed by atoms with E-state index in [1.54, 1.807) is 36.4 Å². The van der Waals surface area contributed by atoms with Crippen LogP contribution in [0.1, 0.15) is 16.1 Å². The molecule has 0 aliphatic rings. The Bertz CT molecular complexity index is 1000. The van der Waals surface area contributed by atoms with Gasteiger partial charge in [0.15, 0.2) is 5.69 Å². The van der Waals surface area contributed by atoms with Crippen molar-refractivity contribution in [2.24, 2.45) is 0 Å². The number of hydrogen-bond donors (Lipinski definition) is 1. The molecule has 0 spiro atoms. The number of halogens is 1. The Labute approximate surface area is 148 Å². The summed E-state index contributed by atoms with van der Waals surface area (Å²) in [5, 5.41) is 0.403. The molecule has 0 radical (unpaired) electrons. The molecule has 0 fully saturated rings. The number of hydrogen-bond acceptors (Lipinski definition) is 6. The average molecular weight is 378 g/mol. The monoisotopic (exact) mass is 377 g/mol. The zero-order valence-electron chi connectivity index (χ0n) is 12.7. The lowest BCUT2D eigenvalue weighted by atomic mass is 10.2. The number of carbonyl (C=O) groups excluding carboxylic acids is 1. The van der Waals surface area contributed by atoms with Crippen molar-refractivity contribution in [3.05, 3.63) is 71.3 Å². The minimum Gasteiger partial charge on any atom is -0.444 e. The summed E-state index contributed by atoms with van der Waals surface area (Å²) in [6.45, 7) is 0. The molecule has 0 bridgehead atoms. The first-order valence-electron chi connectivity index (χ1n) is 7.09. The molecule has 1 aromatic carbocycles. The van der Waals surface area contributed by atoms with Gasteiger partial charge in [-0.15, -0.1) is 0 Å². The number of carbonyl (C=O) groups is 1. The maximum absolute atomic E-state index is 12.1. The van der Waals surface area contributed by atoms with E-state index < -0.39 is 15.9 Å². The van der Waals surface area contributed by atoms with Gasteiger partial charge in [0.2, 0.25) is 15.9 Å². The number of nitrogens with one attached hydrogen (secondary N) is 1. The number of sulfonamides is 1. The molecule has 3 rings (SSSR count). The fraction of sp³-hybridized carbons (Fsp3) is 0.0625. The van der Waals surface area contributed by atoms with Crippen molar-refractivity contribution in [1.82, 2.24) is 14.7 Å². The molecule has 7 nitrogen and oxygen atoms in total. The van der Waals surface area contributed by atoms with Gasteiger partial charge in [-0.25, -0.2) is 18.1 Å². The van der Waals surface area contributed by atoms with E-state index in [-0.39, 0.29) is 17.3 Å². The van der Waals surface area contributed by atoms with E-state index in [1.807, 2.05) is 4.72 Å². The lowest BCUT2D eigenvalue weighted by Crippen LogP contribution is -2.31. The molecule has 128 valence electrons. The van der Waals surface area contributed by atoms with Crippen molar-refractivity contribution in [2.45, 2.75) is 5.75 Å². The number of amides is 1. The van der Waals surface area contributed by atoms with E-state index in [0.29, 0.717) is 16.1 Å². The van der Waals surface area contributed by atoms with Crippen LogP contribution in [0.2, 0.25) is 5.02 Å². The lowest BCUT2D eigenvalue weighted by molar-refractivity contribution is 0.0976. The van der Waals surface area contributed by atoms with Crippen LogP contribution in [0.3, 0.4) is 0 Å². The van der Waals surface area contributed by atoms with Gasteiger partial charge in [-0.2, -0.15) is 0 Å². The van der Waals surface area contributed by atoms with Crippen LogP contribution in [-0.4, -0.2) is 24.3 Å². The Morgan fingerprint density at radius 3 is 2.72 bits per heavy atom. The van der Waals surface area contributed by atoms with Crippen molar-refractivity contribution in [2.75, 3.05) is 0 Å². The molecule has 0 aliphatic carbocycles. The highest BCUT2D eigenvalue weighted by molar-refractivity contribution is 7.89. The Morgan fingerprint density at radius 1 is 1.20 bits per heavy atom. The molecule has 3 aromatic rings. The van der Waals surface area contributed by atoms with Crippen molar-refractivity contribution in [1.29, 1.82) is 0 Å². The molecule has 1 amide bonds. The minimum atomic E-state index is -3.89. The van der Waals surface area contributed by atoms with Gasteiger partial charge < -0.3 is 4.42 Å². The summed E-state index contributed by atoms with van der Waals surface area (Å²) in [4.78, 5) is 19.9. The van der Waals surface area contributed by atoms with E-state index in [2.05, 4.69) is 9.97 Å².